The molecule has 2 rings (SSSR count). The van der Waals surface area contributed by atoms with Crippen LogP contribution in [0, 0.1) is 18.3 Å². The number of anilines is 2. The second-order valence-electron chi connectivity index (χ2n) is 4.30. The van der Waals surface area contributed by atoms with Crippen molar-refractivity contribution in [2.75, 3.05) is 11.1 Å². The van der Waals surface area contributed by atoms with Gasteiger partial charge >= 0.3 is 0 Å². The van der Waals surface area contributed by atoms with Crippen LogP contribution in [0.3, 0.4) is 0 Å². The van der Waals surface area contributed by atoms with Crippen LogP contribution >= 0.6 is 11.6 Å². The van der Waals surface area contributed by atoms with Crippen LogP contribution in [0.5, 0.6) is 0 Å². The van der Waals surface area contributed by atoms with Crippen molar-refractivity contribution in [1.29, 1.82) is 5.26 Å². The summed E-state index contributed by atoms with van der Waals surface area (Å²) >= 11 is 5.92. The second-order valence-corrected chi connectivity index (χ2v) is 4.71. The topological polar surface area (TPSA) is 78.9 Å². The lowest BCUT2D eigenvalue weighted by molar-refractivity contribution is 0.102. The molecule has 4 nitrogen and oxygen atoms in total. The van der Waals surface area contributed by atoms with E-state index in [0.29, 0.717) is 27.5 Å². The van der Waals surface area contributed by atoms with Crippen LogP contribution in [0.2, 0.25) is 5.02 Å². The quantitative estimate of drug-likeness (QED) is 0.831. The van der Waals surface area contributed by atoms with Crippen molar-refractivity contribution in [2.24, 2.45) is 0 Å². The third-order valence-corrected chi connectivity index (χ3v) is 3.19. The molecule has 0 saturated heterocycles. The minimum absolute atomic E-state index is 0.294. The number of nitrogens with one attached hydrogen (secondary N) is 1. The molecule has 0 unspecified atom stereocenters. The third kappa shape index (κ3) is 2.73. The van der Waals surface area contributed by atoms with Crippen LogP contribution in [0.1, 0.15) is 21.5 Å². The van der Waals surface area contributed by atoms with Crippen molar-refractivity contribution in [3.63, 3.8) is 0 Å². The first-order valence-corrected chi connectivity index (χ1v) is 6.27. The molecule has 0 aliphatic heterocycles. The number of nitrogens with two attached hydrogens (primary N) is 1. The number of hydrogen-bond acceptors (Lipinski definition) is 3. The van der Waals surface area contributed by atoms with E-state index in [2.05, 4.69) is 5.32 Å². The number of carbonyl (C=O) groups is 1. The van der Waals surface area contributed by atoms with E-state index in [1.165, 1.54) is 6.07 Å². The fourth-order valence-electron chi connectivity index (χ4n) is 1.88. The molecule has 0 fully saturated rings. The summed E-state index contributed by atoms with van der Waals surface area (Å²) in [5.74, 6) is -0.304. The average Bonchev–Trinajstić information content (AvgIpc) is 2.38. The van der Waals surface area contributed by atoms with Gasteiger partial charge in [-0.25, -0.2) is 0 Å². The van der Waals surface area contributed by atoms with Gasteiger partial charge in [-0.1, -0.05) is 23.7 Å². The molecule has 2 aromatic rings. The molecule has 0 aromatic heterocycles. The SMILES string of the molecule is Cc1cccc(N)c1C(=O)Nc1ccc(C#N)c(Cl)c1. The summed E-state index contributed by atoms with van der Waals surface area (Å²) in [5, 5.41) is 11.8. The van der Waals surface area contributed by atoms with Gasteiger partial charge in [-0.05, 0) is 36.8 Å². The van der Waals surface area contributed by atoms with Gasteiger partial charge in [-0.2, -0.15) is 5.26 Å². The Bertz CT molecular complexity index is 699. The molecule has 0 bridgehead atoms. The maximum absolute atomic E-state index is 12.2. The highest BCUT2D eigenvalue weighted by atomic mass is 35.5. The van der Waals surface area contributed by atoms with Gasteiger partial charge in [0.05, 0.1) is 16.1 Å². The largest absolute Gasteiger partial charge is 0.398 e. The first-order chi connectivity index (χ1) is 9.52. The van der Waals surface area contributed by atoms with Crippen molar-refractivity contribution in [1.82, 2.24) is 0 Å². The lowest BCUT2D eigenvalue weighted by Gasteiger charge is -2.10. The Hall–Kier alpha value is -2.51. The zero-order valence-electron chi connectivity index (χ0n) is 10.8. The van der Waals surface area contributed by atoms with Gasteiger partial charge in [-0.3, -0.25) is 4.79 Å². The van der Waals surface area contributed by atoms with Crippen molar-refractivity contribution in [2.45, 2.75) is 6.92 Å². The van der Waals surface area contributed by atoms with E-state index in [9.17, 15) is 4.79 Å². The van der Waals surface area contributed by atoms with Crippen LogP contribution in [0.15, 0.2) is 36.4 Å². The van der Waals surface area contributed by atoms with E-state index in [0.717, 1.165) is 5.56 Å². The number of nitrogen functional groups attached to an aromatic ring is 1. The molecular formula is C15H12ClN3O. The molecule has 3 N–H and O–H groups in total. The highest BCUT2D eigenvalue weighted by Gasteiger charge is 2.13. The molecular weight excluding hydrogens is 274 g/mol. The molecule has 0 aliphatic carbocycles. The van der Waals surface area contributed by atoms with Crippen molar-refractivity contribution in [3.05, 3.63) is 58.1 Å². The number of halogens is 1. The van der Waals surface area contributed by atoms with Gasteiger partial charge in [0.25, 0.3) is 5.91 Å². The predicted molar refractivity (Wildman–Crippen MR) is 79.7 cm³/mol. The Morgan fingerprint density at radius 1 is 1.35 bits per heavy atom. The zero-order chi connectivity index (χ0) is 14.7. The summed E-state index contributed by atoms with van der Waals surface area (Å²) in [6.45, 7) is 1.82. The van der Waals surface area contributed by atoms with E-state index in [-0.39, 0.29) is 5.91 Å². The van der Waals surface area contributed by atoms with E-state index < -0.39 is 0 Å². The van der Waals surface area contributed by atoms with E-state index in [1.807, 2.05) is 19.1 Å². The summed E-state index contributed by atoms with van der Waals surface area (Å²) in [7, 11) is 0. The minimum atomic E-state index is -0.304. The van der Waals surface area contributed by atoms with Gasteiger partial charge in [-0.15, -0.1) is 0 Å². The number of aryl methyl sites for hydroxylation is 1. The van der Waals surface area contributed by atoms with E-state index >= 15 is 0 Å². The van der Waals surface area contributed by atoms with Gasteiger partial charge in [0.1, 0.15) is 6.07 Å². The molecule has 2 aromatic carbocycles. The predicted octanol–water partition coefficient (Wildman–Crippen LogP) is 3.35. The molecule has 0 atom stereocenters. The van der Waals surface area contributed by atoms with Crippen molar-refractivity contribution < 1.29 is 4.79 Å². The molecule has 0 heterocycles. The smallest absolute Gasteiger partial charge is 0.258 e. The molecule has 1 amide bonds. The van der Waals surface area contributed by atoms with Gasteiger partial charge in [0.15, 0.2) is 0 Å². The fraction of sp³-hybridized carbons (Fsp3) is 0.0667. The van der Waals surface area contributed by atoms with Crippen LogP contribution in [-0.4, -0.2) is 5.91 Å². The molecule has 0 aliphatic rings. The number of benzene rings is 2. The Balaban J connectivity index is 2.29. The number of rotatable bonds is 2. The number of nitriles is 1. The second kappa shape index (κ2) is 5.64. The summed E-state index contributed by atoms with van der Waals surface area (Å²) < 4.78 is 0. The number of amides is 1. The molecule has 5 heteroatoms. The monoisotopic (exact) mass is 285 g/mol. The van der Waals surface area contributed by atoms with Crippen LogP contribution in [0.25, 0.3) is 0 Å². The molecule has 20 heavy (non-hydrogen) atoms. The van der Waals surface area contributed by atoms with Crippen LogP contribution < -0.4 is 11.1 Å². The van der Waals surface area contributed by atoms with Crippen LogP contribution in [-0.2, 0) is 0 Å². The van der Waals surface area contributed by atoms with Gasteiger partial charge in [0.2, 0.25) is 0 Å². The zero-order valence-corrected chi connectivity index (χ0v) is 11.5. The van der Waals surface area contributed by atoms with Gasteiger partial charge < -0.3 is 11.1 Å². The first kappa shape index (κ1) is 13.9. The first-order valence-electron chi connectivity index (χ1n) is 5.89. The molecule has 0 radical (unpaired) electrons. The van der Waals surface area contributed by atoms with E-state index in [1.54, 1.807) is 24.3 Å². The maximum Gasteiger partial charge on any atom is 0.258 e. The molecule has 100 valence electrons. The molecule has 0 spiro atoms. The Labute approximate surface area is 121 Å². The van der Waals surface area contributed by atoms with E-state index in [4.69, 9.17) is 22.6 Å². The van der Waals surface area contributed by atoms with Crippen LogP contribution in [0.4, 0.5) is 11.4 Å². The highest BCUT2D eigenvalue weighted by Crippen LogP contribution is 2.22. The summed E-state index contributed by atoms with van der Waals surface area (Å²) in [6.07, 6.45) is 0. The number of carbonyl (C=O) groups excluding carboxylic acids is 1. The number of nitrogens with zero attached hydrogens (tertiary/aromatic N) is 1. The minimum Gasteiger partial charge on any atom is -0.398 e. The highest BCUT2D eigenvalue weighted by molar-refractivity contribution is 6.32. The third-order valence-electron chi connectivity index (χ3n) is 2.88. The lowest BCUT2D eigenvalue weighted by atomic mass is 10.1. The standard InChI is InChI=1S/C15H12ClN3O/c1-9-3-2-4-13(18)14(9)15(20)19-11-6-5-10(8-17)12(16)7-11/h2-7H,18H2,1H3,(H,19,20). The number of hydrogen-bond donors (Lipinski definition) is 2. The Morgan fingerprint density at radius 2 is 2.10 bits per heavy atom. The van der Waals surface area contributed by atoms with Crippen molar-refractivity contribution in [3.8, 4) is 6.07 Å². The normalized spacial score (nSPS) is 9.85. The lowest BCUT2D eigenvalue weighted by Crippen LogP contribution is -2.15. The summed E-state index contributed by atoms with van der Waals surface area (Å²) in [6, 6.07) is 12.0. The molecule has 0 saturated carbocycles. The fourth-order valence-corrected chi connectivity index (χ4v) is 2.10. The Morgan fingerprint density at radius 3 is 2.70 bits per heavy atom. The Kier molecular flexibility index (Phi) is 3.92. The van der Waals surface area contributed by atoms with Crippen molar-refractivity contribution >= 4 is 28.9 Å². The maximum atomic E-state index is 12.2. The average molecular weight is 286 g/mol. The van der Waals surface area contributed by atoms with Gasteiger partial charge in [0, 0.05) is 11.4 Å². The summed E-state index contributed by atoms with van der Waals surface area (Å²) in [4.78, 5) is 12.2. The summed E-state index contributed by atoms with van der Waals surface area (Å²) in [5.41, 5.74) is 8.35.